The van der Waals surface area contributed by atoms with Gasteiger partial charge in [0, 0.05) is 6.54 Å². The molecule has 1 aromatic carbocycles. The molecular formula is C17H23N3O3S. The van der Waals surface area contributed by atoms with Crippen LogP contribution in [0.15, 0.2) is 24.3 Å². The summed E-state index contributed by atoms with van der Waals surface area (Å²) in [5.74, 6) is 1.16. The number of hydrogen-bond donors (Lipinski definition) is 1. The Balaban J connectivity index is 1.99. The molecule has 0 radical (unpaired) electrons. The first-order valence-corrected chi connectivity index (χ1v) is 9.26. The van der Waals surface area contributed by atoms with Crippen molar-refractivity contribution in [3.05, 3.63) is 30.1 Å². The monoisotopic (exact) mass is 349 g/mol. The molecule has 7 heteroatoms. The van der Waals surface area contributed by atoms with Crippen molar-refractivity contribution in [1.29, 1.82) is 0 Å². The van der Waals surface area contributed by atoms with Crippen LogP contribution in [0.1, 0.15) is 19.7 Å². The van der Waals surface area contributed by atoms with E-state index >= 15 is 0 Å². The molecule has 2 aromatic rings. The van der Waals surface area contributed by atoms with Gasteiger partial charge in [0.15, 0.2) is 6.61 Å². The fourth-order valence-corrected chi connectivity index (χ4v) is 2.71. The van der Waals surface area contributed by atoms with Crippen molar-refractivity contribution in [2.24, 2.45) is 5.92 Å². The molecule has 2 rings (SSSR count). The highest BCUT2D eigenvalue weighted by molar-refractivity contribution is 7.97. The molecule has 0 atom stereocenters. The minimum atomic E-state index is -0.444. The number of nitrogens with one attached hydrogen (secondary N) is 1. The van der Waals surface area contributed by atoms with Crippen LogP contribution in [0.4, 0.5) is 0 Å². The second kappa shape index (κ2) is 8.73. The molecule has 24 heavy (non-hydrogen) atoms. The van der Waals surface area contributed by atoms with Gasteiger partial charge in [-0.05, 0) is 24.3 Å². The number of thioether (sulfide) groups is 1. The molecule has 0 fully saturated rings. The standard InChI is InChI=1S/C17H23N3O3S/c1-12(2)8-18-16(21)10-23-17(22)9-20-14-7-5-4-6-13(14)19-15(20)11-24-3/h4-7,12H,8-11H2,1-3H3,(H,18,21). The summed E-state index contributed by atoms with van der Waals surface area (Å²) in [7, 11) is 0. The van der Waals surface area contributed by atoms with E-state index in [-0.39, 0.29) is 19.1 Å². The summed E-state index contributed by atoms with van der Waals surface area (Å²) < 4.78 is 6.93. The fourth-order valence-electron chi connectivity index (χ4n) is 2.23. The van der Waals surface area contributed by atoms with Crippen LogP contribution in [0, 0.1) is 5.92 Å². The molecule has 0 aliphatic heterocycles. The molecule has 1 heterocycles. The van der Waals surface area contributed by atoms with Crippen LogP contribution in [0.3, 0.4) is 0 Å². The maximum Gasteiger partial charge on any atom is 0.326 e. The molecule has 1 aromatic heterocycles. The van der Waals surface area contributed by atoms with E-state index in [4.69, 9.17) is 4.74 Å². The summed E-state index contributed by atoms with van der Waals surface area (Å²) in [6, 6.07) is 7.67. The van der Waals surface area contributed by atoms with Crippen LogP contribution < -0.4 is 5.32 Å². The minimum absolute atomic E-state index is 0.0495. The lowest BCUT2D eigenvalue weighted by Crippen LogP contribution is -2.32. The molecule has 130 valence electrons. The highest BCUT2D eigenvalue weighted by atomic mass is 32.2. The molecule has 6 nitrogen and oxygen atoms in total. The van der Waals surface area contributed by atoms with E-state index in [0.717, 1.165) is 16.9 Å². The number of ether oxygens (including phenoxy) is 1. The number of hydrogen-bond acceptors (Lipinski definition) is 5. The first-order valence-electron chi connectivity index (χ1n) is 7.86. The van der Waals surface area contributed by atoms with Gasteiger partial charge in [-0.3, -0.25) is 9.59 Å². The normalized spacial score (nSPS) is 11.0. The Kier molecular flexibility index (Phi) is 6.66. The third kappa shape index (κ3) is 4.99. The van der Waals surface area contributed by atoms with E-state index in [9.17, 15) is 9.59 Å². The SMILES string of the molecule is CSCc1nc2ccccc2n1CC(=O)OCC(=O)NCC(C)C. The van der Waals surface area contributed by atoms with Crippen molar-refractivity contribution in [1.82, 2.24) is 14.9 Å². The van der Waals surface area contributed by atoms with Gasteiger partial charge in [-0.25, -0.2) is 4.98 Å². The number of benzene rings is 1. The van der Waals surface area contributed by atoms with Crippen LogP contribution in [0.2, 0.25) is 0 Å². The molecule has 1 N–H and O–H groups in total. The number of para-hydroxylation sites is 2. The predicted octanol–water partition coefficient (Wildman–Crippen LogP) is 2.21. The Morgan fingerprint density at radius 3 is 2.79 bits per heavy atom. The van der Waals surface area contributed by atoms with Gasteiger partial charge >= 0.3 is 5.97 Å². The number of rotatable bonds is 8. The van der Waals surface area contributed by atoms with Crippen LogP contribution in [-0.2, 0) is 26.6 Å². The van der Waals surface area contributed by atoms with E-state index < -0.39 is 5.97 Å². The van der Waals surface area contributed by atoms with Gasteiger partial charge in [-0.15, -0.1) is 0 Å². The number of amides is 1. The first kappa shape index (κ1) is 18.3. The maximum absolute atomic E-state index is 12.1. The Bertz CT molecular complexity index is 712. The number of carbonyl (C=O) groups is 2. The zero-order valence-corrected chi connectivity index (χ0v) is 15.1. The topological polar surface area (TPSA) is 73.2 Å². The average Bonchev–Trinajstić information content (AvgIpc) is 2.89. The van der Waals surface area contributed by atoms with Crippen molar-refractivity contribution in [2.75, 3.05) is 19.4 Å². The van der Waals surface area contributed by atoms with Crippen LogP contribution >= 0.6 is 11.8 Å². The Morgan fingerprint density at radius 2 is 2.08 bits per heavy atom. The van der Waals surface area contributed by atoms with E-state index in [2.05, 4.69) is 10.3 Å². The second-order valence-electron chi connectivity index (χ2n) is 5.89. The molecule has 0 saturated carbocycles. The number of aromatic nitrogens is 2. The van der Waals surface area contributed by atoms with Gasteiger partial charge in [0.2, 0.25) is 0 Å². The van der Waals surface area contributed by atoms with Crippen LogP contribution in [-0.4, -0.2) is 40.8 Å². The highest BCUT2D eigenvalue weighted by Crippen LogP contribution is 2.19. The van der Waals surface area contributed by atoms with Gasteiger partial charge in [0.05, 0.1) is 16.8 Å². The zero-order chi connectivity index (χ0) is 17.5. The average molecular weight is 349 g/mol. The molecule has 0 spiro atoms. The minimum Gasteiger partial charge on any atom is -0.454 e. The molecule has 0 unspecified atom stereocenters. The molecule has 0 bridgehead atoms. The summed E-state index contributed by atoms with van der Waals surface area (Å²) in [5, 5.41) is 2.72. The van der Waals surface area contributed by atoms with Crippen LogP contribution in [0.25, 0.3) is 11.0 Å². The van der Waals surface area contributed by atoms with E-state index in [0.29, 0.717) is 18.2 Å². The first-order chi connectivity index (χ1) is 11.5. The van der Waals surface area contributed by atoms with Crippen molar-refractivity contribution in [3.8, 4) is 0 Å². The number of carbonyl (C=O) groups excluding carboxylic acids is 2. The summed E-state index contributed by atoms with van der Waals surface area (Å²) in [6.07, 6.45) is 1.99. The summed E-state index contributed by atoms with van der Waals surface area (Å²) >= 11 is 1.64. The lowest BCUT2D eigenvalue weighted by Gasteiger charge is -2.10. The van der Waals surface area contributed by atoms with Crippen molar-refractivity contribution >= 4 is 34.7 Å². The van der Waals surface area contributed by atoms with Gasteiger partial charge < -0.3 is 14.6 Å². The molecule has 0 aliphatic rings. The third-order valence-electron chi connectivity index (χ3n) is 3.37. The summed E-state index contributed by atoms with van der Waals surface area (Å²) in [6.45, 7) is 4.37. The van der Waals surface area contributed by atoms with E-state index in [1.165, 1.54) is 0 Å². The van der Waals surface area contributed by atoms with Gasteiger partial charge in [0.25, 0.3) is 5.91 Å². The zero-order valence-electron chi connectivity index (χ0n) is 14.2. The molecule has 0 aliphatic carbocycles. The number of nitrogens with zero attached hydrogens (tertiary/aromatic N) is 2. The smallest absolute Gasteiger partial charge is 0.326 e. The van der Waals surface area contributed by atoms with Crippen molar-refractivity contribution in [3.63, 3.8) is 0 Å². The van der Waals surface area contributed by atoms with E-state index in [1.807, 2.05) is 48.9 Å². The van der Waals surface area contributed by atoms with Gasteiger partial charge in [0.1, 0.15) is 12.4 Å². The predicted molar refractivity (Wildman–Crippen MR) is 95.8 cm³/mol. The Labute approximate surface area is 146 Å². The van der Waals surface area contributed by atoms with Crippen molar-refractivity contribution < 1.29 is 14.3 Å². The Morgan fingerprint density at radius 1 is 1.33 bits per heavy atom. The fraction of sp³-hybridized carbons (Fsp3) is 0.471. The largest absolute Gasteiger partial charge is 0.454 e. The molecular weight excluding hydrogens is 326 g/mol. The lowest BCUT2D eigenvalue weighted by atomic mass is 10.2. The molecule has 0 saturated heterocycles. The highest BCUT2D eigenvalue weighted by Gasteiger charge is 2.15. The second-order valence-corrected chi connectivity index (χ2v) is 6.76. The molecule has 1 amide bonds. The number of esters is 1. The quantitative estimate of drug-likeness (QED) is 0.740. The maximum atomic E-state index is 12.1. The van der Waals surface area contributed by atoms with E-state index in [1.54, 1.807) is 11.8 Å². The summed E-state index contributed by atoms with van der Waals surface area (Å²) in [5.41, 5.74) is 1.74. The third-order valence-corrected chi connectivity index (χ3v) is 3.91. The van der Waals surface area contributed by atoms with Gasteiger partial charge in [-0.1, -0.05) is 26.0 Å². The van der Waals surface area contributed by atoms with Crippen molar-refractivity contribution in [2.45, 2.75) is 26.1 Å². The van der Waals surface area contributed by atoms with Gasteiger partial charge in [-0.2, -0.15) is 11.8 Å². The summed E-state index contributed by atoms with van der Waals surface area (Å²) in [4.78, 5) is 28.3. The number of imidazole rings is 1. The van der Waals surface area contributed by atoms with Crippen LogP contribution in [0.5, 0.6) is 0 Å². The number of fused-ring (bicyclic) bond motifs is 1. The lowest BCUT2D eigenvalue weighted by molar-refractivity contribution is -0.149. The Hall–Kier alpha value is -2.02.